The van der Waals surface area contributed by atoms with Crippen molar-refractivity contribution in [3.63, 3.8) is 0 Å². The van der Waals surface area contributed by atoms with E-state index in [2.05, 4.69) is 10.6 Å². The monoisotopic (exact) mass is 433 g/mol. The van der Waals surface area contributed by atoms with Crippen LogP contribution in [-0.2, 0) is 16.1 Å². The number of carbonyl (C=O) groups is 3. The third-order valence-corrected chi connectivity index (χ3v) is 6.55. The lowest BCUT2D eigenvalue weighted by molar-refractivity contribution is -0.130. The minimum Gasteiger partial charge on any atom is -0.348 e. The number of benzene rings is 2. The van der Waals surface area contributed by atoms with Gasteiger partial charge in [0.2, 0.25) is 11.8 Å². The summed E-state index contributed by atoms with van der Waals surface area (Å²) in [5.74, 6) is -0.752. The van der Waals surface area contributed by atoms with Crippen molar-refractivity contribution in [2.45, 2.75) is 58.0 Å². The molecule has 0 aromatic heterocycles. The highest BCUT2D eigenvalue weighted by Crippen LogP contribution is 2.29. The largest absolute Gasteiger partial charge is 0.348 e. The van der Waals surface area contributed by atoms with E-state index in [0.717, 1.165) is 31.2 Å². The van der Waals surface area contributed by atoms with Gasteiger partial charge in [0.15, 0.2) is 0 Å². The number of amides is 3. The van der Waals surface area contributed by atoms with E-state index in [1.54, 1.807) is 24.3 Å². The van der Waals surface area contributed by atoms with E-state index in [0.29, 0.717) is 24.3 Å². The van der Waals surface area contributed by atoms with Crippen molar-refractivity contribution in [3.8, 4) is 0 Å². The zero-order chi connectivity index (χ0) is 22.5. The van der Waals surface area contributed by atoms with E-state index in [9.17, 15) is 14.4 Å². The van der Waals surface area contributed by atoms with Crippen LogP contribution in [0.4, 0.5) is 5.69 Å². The normalized spacial score (nSPS) is 19.1. The van der Waals surface area contributed by atoms with E-state index in [-0.39, 0.29) is 36.1 Å². The first kappa shape index (κ1) is 22.1. The number of hydrogen-bond donors (Lipinski definition) is 2. The fraction of sp³-hybridized carbons (Fsp3) is 0.423. The zero-order valence-electron chi connectivity index (χ0n) is 18.6. The third kappa shape index (κ3) is 5.18. The summed E-state index contributed by atoms with van der Waals surface area (Å²) in [5.41, 5.74) is 3.07. The first-order chi connectivity index (χ1) is 15.5. The van der Waals surface area contributed by atoms with Crippen LogP contribution in [-0.4, -0.2) is 35.2 Å². The molecule has 4 rings (SSSR count). The molecule has 1 heterocycles. The van der Waals surface area contributed by atoms with Gasteiger partial charge in [0.25, 0.3) is 5.91 Å². The van der Waals surface area contributed by atoms with Gasteiger partial charge >= 0.3 is 0 Å². The van der Waals surface area contributed by atoms with E-state index >= 15 is 0 Å². The summed E-state index contributed by atoms with van der Waals surface area (Å²) in [7, 11) is 0. The second-order valence-electron chi connectivity index (χ2n) is 8.94. The van der Waals surface area contributed by atoms with Crippen LogP contribution in [0.5, 0.6) is 0 Å². The predicted molar refractivity (Wildman–Crippen MR) is 124 cm³/mol. The van der Waals surface area contributed by atoms with Crippen molar-refractivity contribution in [1.29, 1.82) is 0 Å². The number of aryl methyl sites for hydroxylation is 1. The van der Waals surface area contributed by atoms with E-state index < -0.39 is 0 Å². The lowest BCUT2D eigenvalue weighted by Crippen LogP contribution is -2.38. The molecule has 0 radical (unpaired) electrons. The average Bonchev–Trinajstić information content (AvgIpc) is 3.21. The van der Waals surface area contributed by atoms with E-state index in [4.69, 9.17) is 0 Å². The van der Waals surface area contributed by atoms with E-state index in [1.165, 1.54) is 12.0 Å². The van der Waals surface area contributed by atoms with Crippen LogP contribution in [0.15, 0.2) is 48.5 Å². The molecule has 6 heteroatoms. The van der Waals surface area contributed by atoms with Crippen molar-refractivity contribution in [2.24, 2.45) is 5.92 Å². The summed E-state index contributed by atoms with van der Waals surface area (Å²) < 4.78 is 0. The van der Waals surface area contributed by atoms with Crippen molar-refractivity contribution < 1.29 is 14.4 Å². The van der Waals surface area contributed by atoms with E-state index in [1.807, 2.05) is 36.1 Å². The highest BCUT2D eigenvalue weighted by atomic mass is 16.2. The fourth-order valence-electron chi connectivity index (χ4n) is 4.66. The summed E-state index contributed by atoms with van der Waals surface area (Å²) in [6.45, 7) is 2.90. The van der Waals surface area contributed by atoms with Gasteiger partial charge in [0.05, 0.1) is 17.2 Å². The van der Waals surface area contributed by atoms with Gasteiger partial charge in [-0.25, -0.2) is 0 Å². The number of rotatable bonds is 6. The summed E-state index contributed by atoms with van der Waals surface area (Å²) in [6.07, 6.45) is 5.83. The number of nitrogens with one attached hydrogen (secondary N) is 2. The molecule has 2 aromatic rings. The lowest BCUT2D eigenvalue weighted by atomic mass is 9.94. The Bertz CT molecular complexity index is 980. The first-order valence-electron chi connectivity index (χ1n) is 11.5. The third-order valence-electron chi connectivity index (χ3n) is 6.55. The van der Waals surface area contributed by atoms with Crippen LogP contribution in [0.25, 0.3) is 0 Å². The Hall–Kier alpha value is -3.15. The molecule has 6 nitrogen and oxygen atoms in total. The average molecular weight is 434 g/mol. The summed E-state index contributed by atoms with van der Waals surface area (Å²) in [6, 6.07) is 15.3. The lowest BCUT2D eigenvalue weighted by Gasteiger charge is -2.31. The molecule has 0 unspecified atom stereocenters. The molecule has 2 aliphatic rings. The highest BCUT2D eigenvalue weighted by Gasteiger charge is 2.38. The minimum absolute atomic E-state index is 0.0705. The molecule has 1 aliphatic heterocycles. The molecule has 168 valence electrons. The summed E-state index contributed by atoms with van der Waals surface area (Å²) in [5, 5.41) is 5.83. The second kappa shape index (κ2) is 9.98. The van der Waals surface area contributed by atoms with Gasteiger partial charge in [0, 0.05) is 25.6 Å². The molecule has 2 aromatic carbocycles. The SMILES string of the molecule is Cc1ccc(CNC(=O)c2ccccc2NC(=O)[C@H]2CC(=O)N(C3CCCCC3)C2)cc1. The maximum atomic E-state index is 13.0. The number of anilines is 1. The molecule has 0 bridgehead atoms. The van der Waals surface area contributed by atoms with Crippen molar-refractivity contribution in [3.05, 3.63) is 65.2 Å². The summed E-state index contributed by atoms with van der Waals surface area (Å²) >= 11 is 0. The Labute approximate surface area is 189 Å². The van der Waals surface area contributed by atoms with Crippen LogP contribution in [0.1, 0.15) is 60.0 Å². The Morgan fingerprint density at radius 2 is 1.72 bits per heavy atom. The first-order valence-corrected chi connectivity index (χ1v) is 11.5. The fourth-order valence-corrected chi connectivity index (χ4v) is 4.66. The number of nitrogens with zero attached hydrogens (tertiary/aromatic N) is 1. The van der Waals surface area contributed by atoms with Crippen LogP contribution in [0.2, 0.25) is 0 Å². The Balaban J connectivity index is 1.38. The van der Waals surface area contributed by atoms with Gasteiger partial charge in [0.1, 0.15) is 0 Å². The molecule has 3 amide bonds. The van der Waals surface area contributed by atoms with Gasteiger partial charge in [-0.05, 0) is 37.5 Å². The minimum atomic E-state index is -0.381. The molecule has 1 saturated heterocycles. The van der Waals surface area contributed by atoms with Crippen LogP contribution in [0.3, 0.4) is 0 Å². The van der Waals surface area contributed by atoms with Crippen molar-refractivity contribution in [1.82, 2.24) is 10.2 Å². The molecule has 2 N–H and O–H groups in total. The number of para-hydroxylation sites is 1. The van der Waals surface area contributed by atoms with Gasteiger partial charge in [-0.3, -0.25) is 14.4 Å². The second-order valence-corrected chi connectivity index (χ2v) is 8.94. The Morgan fingerprint density at radius 3 is 2.47 bits per heavy atom. The molecule has 1 atom stereocenters. The highest BCUT2D eigenvalue weighted by molar-refractivity contribution is 6.05. The molecule has 32 heavy (non-hydrogen) atoms. The van der Waals surface area contributed by atoms with Gasteiger partial charge < -0.3 is 15.5 Å². The number of carbonyl (C=O) groups excluding carboxylic acids is 3. The molecular formula is C26H31N3O3. The molecule has 2 fully saturated rings. The van der Waals surface area contributed by atoms with Crippen molar-refractivity contribution in [2.75, 3.05) is 11.9 Å². The number of likely N-dealkylation sites (tertiary alicyclic amines) is 1. The van der Waals surface area contributed by atoms with Gasteiger partial charge in [-0.1, -0.05) is 61.2 Å². The van der Waals surface area contributed by atoms with Crippen LogP contribution >= 0.6 is 0 Å². The Kier molecular flexibility index (Phi) is 6.88. The molecule has 1 aliphatic carbocycles. The smallest absolute Gasteiger partial charge is 0.253 e. The maximum Gasteiger partial charge on any atom is 0.253 e. The molecule has 1 saturated carbocycles. The predicted octanol–water partition coefficient (Wildman–Crippen LogP) is 4.04. The van der Waals surface area contributed by atoms with Crippen LogP contribution < -0.4 is 10.6 Å². The summed E-state index contributed by atoms with van der Waals surface area (Å²) in [4.78, 5) is 40.2. The molecular weight excluding hydrogens is 402 g/mol. The maximum absolute atomic E-state index is 13.0. The topological polar surface area (TPSA) is 78.5 Å². The Morgan fingerprint density at radius 1 is 1.00 bits per heavy atom. The van der Waals surface area contributed by atoms with Crippen molar-refractivity contribution >= 4 is 23.4 Å². The number of hydrogen-bond acceptors (Lipinski definition) is 3. The van der Waals surface area contributed by atoms with Gasteiger partial charge in [-0.15, -0.1) is 0 Å². The zero-order valence-corrected chi connectivity index (χ0v) is 18.6. The molecule has 0 spiro atoms. The quantitative estimate of drug-likeness (QED) is 0.722. The standard InChI is InChI=1S/C26H31N3O3/c1-18-11-13-19(14-12-18)16-27-26(32)22-9-5-6-10-23(22)28-25(31)20-15-24(30)29(17-20)21-7-3-2-4-8-21/h5-6,9-14,20-21H,2-4,7-8,15-17H2,1H3,(H,27,32)(H,28,31)/t20-/m0/s1. The van der Waals surface area contributed by atoms with Crippen LogP contribution in [0, 0.1) is 12.8 Å². The van der Waals surface area contributed by atoms with Gasteiger partial charge in [-0.2, -0.15) is 0 Å².